The molecule has 0 aliphatic heterocycles. The van der Waals surface area contributed by atoms with Crippen LogP contribution in [-0.4, -0.2) is 17.2 Å². The van der Waals surface area contributed by atoms with E-state index in [-0.39, 0.29) is 5.75 Å². The Labute approximate surface area is 98.1 Å². The minimum Gasteiger partial charge on any atom is -0.508 e. The summed E-state index contributed by atoms with van der Waals surface area (Å²) in [5.41, 5.74) is 0. The minimum absolute atomic E-state index is 0.261. The molecule has 0 saturated heterocycles. The molecule has 2 aromatic rings. The first-order valence-electron chi connectivity index (χ1n) is 4.75. The van der Waals surface area contributed by atoms with Crippen LogP contribution in [0.5, 0.6) is 11.5 Å². The van der Waals surface area contributed by atoms with Crippen molar-refractivity contribution < 1.29 is 9.84 Å². The summed E-state index contributed by atoms with van der Waals surface area (Å²) < 4.78 is 5.21. The first kappa shape index (κ1) is 10.8. The van der Waals surface area contributed by atoms with E-state index in [9.17, 15) is 5.11 Å². The highest BCUT2D eigenvalue weighted by Gasteiger charge is 2.05. The summed E-state index contributed by atoms with van der Waals surface area (Å²) in [4.78, 5) is 5.25. The number of aromatic hydroxyl groups is 1. The van der Waals surface area contributed by atoms with Crippen LogP contribution in [0.3, 0.4) is 0 Å². The highest BCUT2D eigenvalue weighted by Crippen LogP contribution is 2.33. The number of hydrogen-bond donors (Lipinski definition) is 1. The lowest BCUT2D eigenvalue weighted by atomic mass is 10.3. The van der Waals surface area contributed by atoms with Gasteiger partial charge in [0.15, 0.2) is 5.75 Å². The first-order chi connectivity index (χ1) is 7.79. The van der Waals surface area contributed by atoms with Crippen molar-refractivity contribution in [3.8, 4) is 11.5 Å². The zero-order valence-electron chi connectivity index (χ0n) is 8.75. The maximum Gasteiger partial charge on any atom is 0.151 e. The molecule has 0 unspecified atom stereocenters. The molecule has 1 aromatic heterocycles. The van der Waals surface area contributed by atoms with Crippen LogP contribution in [0.4, 0.5) is 0 Å². The van der Waals surface area contributed by atoms with Gasteiger partial charge >= 0.3 is 0 Å². The highest BCUT2D eigenvalue weighted by molar-refractivity contribution is 7.99. The van der Waals surface area contributed by atoms with E-state index in [0.717, 1.165) is 15.7 Å². The normalized spacial score (nSPS) is 10.1. The van der Waals surface area contributed by atoms with Gasteiger partial charge in [0, 0.05) is 11.1 Å². The van der Waals surface area contributed by atoms with Crippen molar-refractivity contribution in [2.45, 2.75) is 9.92 Å². The molecule has 82 valence electrons. The molecule has 1 heterocycles. The SMILES string of the molecule is COc1cccnc1Sc1ccc(O)cc1. The number of methoxy groups -OCH3 is 1. The summed E-state index contributed by atoms with van der Waals surface area (Å²) in [6, 6.07) is 10.7. The fourth-order valence-corrected chi connectivity index (χ4v) is 2.09. The van der Waals surface area contributed by atoms with E-state index in [1.54, 1.807) is 25.4 Å². The number of phenols is 1. The van der Waals surface area contributed by atoms with Crippen LogP contribution in [0.1, 0.15) is 0 Å². The Hall–Kier alpha value is -1.68. The molecule has 0 saturated carbocycles. The number of pyridine rings is 1. The molecule has 1 aromatic carbocycles. The van der Waals surface area contributed by atoms with Gasteiger partial charge in [0.2, 0.25) is 0 Å². The van der Waals surface area contributed by atoms with Gasteiger partial charge in [-0.3, -0.25) is 0 Å². The average Bonchev–Trinajstić information content (AvgIpc) is 2.33. The number of benzene rings is 1. The summed E-state index contributed by atoms with van der Waals surface area (Å²) in [7, 11) is 1.62. The van der Waals surface area contributed by atoms with Gasteiger partial charge in [-0.2, -0.15) is 0 Å². The lowest BCUT2D eigenvalue weighted by Crippen LogP contribution is -1.88. The van der Waals surface area contributed by atoms with Gasteiger partial charge in [0.1, 0.15) is 10.8 Å². The topological polar surface area (TPSA) is 42.4 Å². The lowest BCUT2D eigenvalue weighted by Gasteiger charge is -2.06. The minimum atomic E-state index is 0.261. The number of nitrogens with zero attached hydrogens (tertiary/aromatic N) is 1. The zero-order valence-corrected chi connectivity index (χ0v) is 9.57. The smallest absolute Gasteiger partial charge is 0.151 e. The van der Waals surface area contributed by atoms with Crippen LogP contribution in [0.25, 0.3) is 0 Å². The molecule has 0 spiro atoms. The Morgan fingerprint density at radius 1 is 1.19 bits per heavy atom. The number of ether oxygens (including phenoxy) is 1. The predicted molar refractivity (Wildman–Crippen MR) is 63.0 cm³/mol. The van der Waals surface area contributed by atoms with Crippen molar-refractivity contribution in [2.75, 3.05) is 7.11 Å². The van der Waals surface area contributed by atoms with Crippen LogP contribution in [-0.2, 0) is 0 Å². The van der Waals surface area contributed by atoms with Crippen molar-refractivity contribution >= 4 is 11.8 Å². The van der Waals surface area contributed by atoms with E-state index in [0.29, 0.717) is 0 Å². The van der Waals surface area contributed by atoms with E-state index >= 15 is 0 Å². The van der Waals surface area contributed by atoms with Gasteiger partial charge in [0.05, 0.1) is 7.11 Å². The Balaban J connectivity index is 2.23. The molecule has 0 fully saturated rings. The molecule has 0 amide bonds. The second-order valence-corrected chi connectivity index (χ2v) is 4.17. The van der Waals surface area contributed by atoms with Crippen molar-refractivity contribution in [1.29, 1.82) is 0 Å². The summed E-state index contributed by atoms with van der Waals surface area (Å²) >= 11 is 1.50. The number of phenolic OH excluding ortho intramolecular Hbond substituents is 1. The number of aromatic nitrogens is 1. The standard InChI is InChI=1S/C12H11NO2S/c1-15-11-3-2-8-13-12(11)16-10-6-4-9(14)5-7-10/h2-8,14H,1H3. The van der Waals surface area contributed by atoms with Gasteiger partial charge in [-0.25, -0.2) is 4.98 Å². The Kier molecular flexibility index (Phi) is 3.31. The average molecular weight is 233 g/mol. The molecule has 0 atom stereocenters. The lowest BCUT2D eigenvalue weighted by molar-refractivity contribution is 0.401. The molecule has 2 rings (SSSR count). The first-order valence-corrected chi connectivity index (χ1v) is 5.57. The van der Waals surface area contributed by atoms with Crippen molar-refractivity contribution in [2.24, 2.45) is 0 Å². The summed E-state index contributed by atoms with van der Waals surface area (Å²) in [5.74, 6) is 1.01. The van der Waals surface area contributed by atoms with E-state index in [1.165, 1.54) is 11.8 Å². The molecule has 16 heavy (non-hydrogen) atoms. The maximum absolute atomic E-state index is 9.17. The van der Waals surface area contributed by atoms with Gasteiger partial charge in [-0.05, 0) is 36.4 Å². The van der Waals surface area contributed by atoms with Crippen molar-refractivity contribution in [3.05, 3.63) is 42.6 Å². The van der Waals surface area contributed by atoms with Crippen LogP contribution in [0, 0.1) is 0 Å². The van der Waals surface area contributed by atoms with Gasteiger partial charge < -0.3 is 9.84 Å². The Bertz CT molecular complexity index is 471. The second kappa shape index (κ2) is 4.90. The highest BCUT2D eigenvalue weighted by atomic mass is 32.2. The van der Waals surface area contributed by atoms with Crippen LogP contribution < -0.4 is 4.74 Å². The third-order valence-electron chi connectivity index (χ3n) is 2.01. The third-order valence-corrected chi connectivity index (χ3v) is 3.02. The third kappa shape index (κ3) is 2.46. The molecule has 3 nitrogen and oxygen atoms in total. The fraction of sp³-hybridized carbons (Fsp3) is 0.0833. The van der Waals surface area contributed by atoms with E-state index in [4.69, 9.17) is 4.74 Å². The maximum atomic E-state index is 9.17. The van der Waals surface area contributed by atoms with E-state index < -0.39 is 0 Å². The van der Waals surface area contributed by atoms with Crippen LogP contribution in [0.15, 0.2) is 52.5 Å². The quantitative estimate of drug-likeness (QED) is 0.885. The number of hydrogen-bond acceptors (Lipinski definition) is 4. The Morgan fingerprint density at radius 3 is 2.62 bits per heavy atom. The van der Waals surface area contributed by atoms with Gasteiger partial charge in [-0.15, -0.1) is 0 Å². The van der Waals surface area contributed by atoms with Crippen LogP contribution in [0.2, 0.25) is 0 Å². The molecular weight excluding hydrogens is 222 g/mol. The molecule has 0 bridgehead atoms. The fourth-order valence-electron chi connectivity index (χ4n) is 1.23. The molecule has 1 N–H and O–H groups in total. The molecule has 4 heteroatoms. The monoisotopic (exact) mass is 233 g/mol. The van der Waals surface area contributed by atoms with E-state index in [1.807, 2.05) is 24.3 Å². The van der Waals surface area contributed by atoms with Gasteiger partial charge in [-0.1, -0.05) is 11.8 Å². The molecule has 0 radical (unpaired) electrons. The van der Waals surface area contributed by atoms with Gasteiger partial charge in [0.25, 0.3) is 0 Å². The number of rotatable bonds is 3. The van der Waals surface area contributed by atoms with Crippen molar-refractivity contribution in [1.82, 2.24) is 4.98 Å². The van der Waals surface area contributed by atoms with Crippen molar-refractivity contribution in [3.63, 3.8) is 0 Å². The predicted octanol–water partition coefficient (Wildman–Crippen LogP) is 2.95. The summed E-state index contributed by atoms with van der Waals surface area (Å²) in [6.07, 6.45) is 1.73. The molecule has 0 aliphatic carbocycles. The Morgan fingerprint density at radius 2 is 1.94 bits per heavy atom. The largest absolute Gasteiger partial charge is 0.508 e. The van der Waals surface area contributed by atoms with Crippen LogP contribution >= 0.6 is 11.8 Å². The molecule has 0 aliphatic rings. The molecular formula is C12H11NO2S. The summed E-state index contributed by atoms with van der Waals surface area (Å²) in [5, 5.41) is 9.99. The summed E-state index contributed by atoms with van der Waals surface area (Å²) in [6.45, 7) is 0. The van der Waals surface area contributed by atoms with E-state index in [2.05, 4.69) is 4.98 Å². The zero-order chi connectivity index (χ0) is 11.4. The second-order valence-electron chi connectivity index (χ2n) is 3.11.